The minimum absolute atomic E-state index is 0.0897. The van der Waals surface area contributed by atoms with Crippen LogP contribution in [0.3, 0.4) is 0 Å². The molecule has 1 saturated heterocycles. The molecule has 2 heterocycles. The molecule has 0 N–H and O–H groups in total. The number of aryl methyl sites for hydroxylation is 1. The first-order valence-corrected chi connectivity index (χ1v) is 7.40. The van der Waals surface area contributed by atoms with Crippen LogP contribution in [-0.2, 0) is 11.2 Å². The van der Waals surface area contributed by atoms with Crippen molar-refractivity contribution in [2.75, 3.05) is 13.1 Å². The highest BCUT2D eigenvalue weighted by atomic mass is 16.5. The van der Waals surface area contributed by atoms with Crippen LogP contribution in [0.4, 0.5) is 0 Å². The zero-order valence-electron chi connectivity index (χ0n) is 12.2. The Hall–Kier alpha value is -2.17. The fraction of sp³-hybridized carbons (Fsp3) is 0.438. The number of piperidine rings is 1. The van der Waals surface area contributed by atoms with Gasteiger partial charge in [-0.3, -0.25) is 4.79 Å². The minimum Gasteiger partial charge on any atom is -0.342 e. The Labute approximate surface area is 124 Å². The lowest BCUT2D eigenvalue weighted by molar-refractivity contribution is -0.131. The lowest BCUT2D eigenvalue weighted by atomic mass is 10.1. The molecule has 0 aliphatic carbocycles. The molecule has 0 saturated carbocycles. The molecule has 1 aliphatic heterocycles. The molecule has 5 nitrogen and oxygen atoms in total. The minimum atomic E-state index is 0.0897. The number of hydrogen-bond donors (Lipinski definition) is 0. The van der Waals surface area contributed by atoms with E-state index in [9.17, 15) is 4.79 Å². The van der Waals surface area contributed by atoms with E-state index in [1.54, 1.807) is 0 Å². The summed E-state index contributed by atoms with van der Waals surface area (Å²) in [4.78, 5) is 18.4. The van der Waals surface area contributed by atoms with Gasteiger partial charge in [-0.05, 0) is 37.8 Å². The Kier molecular flexibility index (Phi) is 3.99. The van der Waals surface area contributed by atoms with Crippen molar-refractivity contribution in [1.29, 1.82) is 0 Å². The van der Waals surface area contributed by atoms with Crippen LogP contribution >= 0.6 is 0 Å². The molecule has 1 fully saturated rings. The molecule has 1 amide bonds. The molecular formula is C16H19N3O2. The Morgan fingerprint density at radius 3 is 2.76 bits per heavy atom. The number of hydrogen-bond acceptors (Lipinski definition) is 4. The summed E-state index contributed by atoms with van der Waals surface area (Å²) in [6, 6.07) is 7.85. The predicted molar refractivity (Wildman–Crippen MR) is 78.6 cm³/mol. The van der Waals surface area contributed by atoms with Crippen LogP contribution in [0.1, 0.15) is 30.7 Å². The molecule has 0 radical (unpaired) electrons. The number of rotatable bonds is 3. The molecule has 2 aromatic rings. The zero-order valence-corrected chi connectivity index (χ0v) is 12.2. The van der Waals surface area contributed by atoms with Crippen molar-refractivity contribution in [3.63, 3.8) is 0 Å². The number of carbonyl (C=O) groups excluding carboxylic acids is 1. The van der Waals surface area contributed by atoms with E-state index in [4.69, 9.17) is 4.52 Å². The summed E-state index contributed by atoms with van der Waals surface area (Å²) in [7, 11) is 0. The van der Waals surface area contributed by atoms with Gasteiger partial charge in [-0.2, -0.15) is 4.98 Å². The molecule has 3 rings (SSSR count). The van der Waals surface area contributed by atoms with Crippen molar-refractivity contribution >= 4 is 5.91 Å². The van der Waals surface area contributed by atoms with Gasteiger partial charge in [-0.25, -0.2) is 0 Å². The molecule has 0 spiro atoms. The molecule has 0 atom stereocenters. The van der Waals surface area contributed by atoms with Crippen molar-refractivity contribution in [3.05, 3.63) is 35.7 Å². The summed E-state index contributed by atoms with van der Waals surface area (Å²) >= 11 is 0. The average molecular weight is 285 g/mol. The normalized spacial score (nSPS) is 15.2. The van der Waals surface area contributed by atoms with E-state index in [1.807, 2.05) is 36.1 Å². The van der Waals surface area contributed by atoms with E-state index in [-0.39, 0.29) is 12.3 Å². The van der Waals surface area contributed by atoms with Crippen LogP contribution in [0, 0.1) is 6.92 Å². The van der Waals surface area contributed by atoms with Crippen LogP contribution in [-0.4, -0.2) is 34.0 Å². The lowest BCUT2D eigenvalue weighted by Gasteiger charge is -2.26. The van der Waals surface area contributed by atoms with E-state index in [0.29, 0.717) is 11.7 Å². The van der Waals surface area contributed by atoms with Gasteiger partial charge in [-0.1, -0.05) is 23.4 Å². The molecular weight excluding hydrogens is 266 g/mol. The largest absolute Gasteiger partial charge is 0.342 e. The van der Waals surface area contributed by atoms with Crippen LogP contribution in [0.25, 0.3) is 11.5 Å². The first-order chi connectivity index (χ1) is 10.2. The molecule has 0 unspecified atom stereocenters. The number of benzene rings is 1. The summed E-state index contributed by atoms with van der Waals surface area (Å²) in [5.41, 5.74) is 2.00. The topological polar surface area (TPSA) is 59.2 Å². The highest BCUT2D eigenvalue weighted by Crippen LogP contribution is 2.21. The Bertz CT molecular complexity index is 630. The van der Waals surface area contributed by atoms with Gasteiger partial charge >= 0.3 is 0 Å². The molecule has 21 heavy (non-hydrogen) atoms. The van der Waals surface area contributed by atoms with E-state index in [1.165, 1.54) is 6.42 Å². The van der Waals surface area contributed by atoms with Crippen molar-refractivity contribution < 1.29 is 9.32 Å². The summed E-state index contributed by atoms with van der Waals surface area (Å²) < 4.78 is 5.29. The van der Waals surface area contributed by atoms with Crippen LogP contribution in [0.15, 0.2) is 28.8 Å². The smallest absolute Gasteiger partial charge is 0.258 e. The van der Waals surface area contributed by atoms with E-state index >= 15 is 0 Å². The van der Waals surface area contributed by atoms with Crippen LogP contribution in [0.5, 0.6) is 0 Å². The monoisotopic (exact) mass is 285 g/mol. The molecule has 1 aromatic heterocycles. The summed E-state index contributed by atoms with van der Waals surface area (Å²) in [6.07, 6.45) is 3.61. The molecule has 0 bridgehead atoms. The number of aromatic nitrogens is 2. The Balaban J connectivity index is 1.70. The first kappa shape index (κ1) is 13.8. The maximum Gasteiger partial charge on any atom is 0.258 e. The third-order valence-corrected chi connectivity index (χ3v) is 3.86. The third kappa shape index (κ3) is 3.12. The second kappa shape index (κ2) is 6.08. The highest BCUT2D eigenvalue weighted by molar-refractivity contribution is 5.78. The van der Waals surface area contributed by atoms with Crippen molar-refractivity contribution in [2.45, 2.75) is 32.6 Å². The zero-order chi connectivity index (χ0) is 14.7. The van der Waals surface area contributed by atoms with E-state index in [2.05, 4.69) is 10.1 Å². The van der Waals surface area contributed by atoms with E-state index < -0.39 is 0 Å². The standard InChI is InChI=1S/C16H19N3O2/c1-12-7-3-4-8-13(12)16-17-14(18-21-16)11-15(20)19-9-5-2-6-10-19/h3-4,7-8H,2,5-6,9-11H2,1H3. The van der Waals surface area contributed by atoms with Crippen LogP contribution in [0.2, 0.25) is 0 Å². The van der Waals surface area contributed by atoms with Gasteiger partial charge in [0.25, 0.3) is 5.89 Å². The fourth-order valence-electron chi connectivity index (χ4n) is 2.64. The SMILES string of the molecule is Cc1ccccc1-c1nc(CC(=O)N2CCCCC2)no1. The summed E-state index contributed by atoms with van der Waals surface area (Å²) in [6.45, 7) is 3.70. The van der Waals surface area contributed by atoms with Gasteiger partial charge in [0.05, 0.1) is 6.42 Å². The molecule has 5 heteroatoms. The Morgan fingerprint density at radius 2 is 2.00 bits per heavy atom. The summed E-state index contributed by atoms with van der Waals surface area (Å²) in [5.74, 6) is 1.03. The van der Waals surface area contributed by atoms with Gasteiger partial charge in [0.15, 0.2) is 5.82 Å². The number of likely N-dealkylation sites (tertiary alicyclic amines) is 1. The maximum atomic E-state index is 12.2. The quantitative estimate of drug-likeness (QED) is 0.869. The number of carbonyl (C=O) groups is 1. The van der Waals surface area contributed by atoms with Gasteiger partial charge < -0.3 is 9.42 Å². The van der Waals surface area contributed by atoms with Crippen LogP contribution < -0.4 is 0 Å². The second-order valence-corrected chi connectivity index (χ2v) is 5.45. The van der Waals surface area contributed by atoms with Crippen molar-refractivity contribution in [3.8, 4) is 11.5 Å². The maximum absolute atomic E-state index is 12.2. The molecule has 1 aromatic carbocycles. The molecule has 110 valence electrons. The summed E-state index contributed by atoms with van der Waals surface area (Å²) in [5, 5.41) is 3.93. The predicted octanol–water partition coefficient (Wildman–Crippen LogP) is 2.60. The van der Waals surface area contributed by atoms with Gasteiger partial charge in [0.1, 0.15) is 0 Å². The molecule has 1 aliphatic rings. The Morgan fingerprint density at radius 1 is 1.24 bits per heavy atom. The van der Waals surface area contributed by atoms with Gasteiger partial charge in [-0.15, -0.1) is 0 Å². The van der Waals surface area contributed by atoms with Gasteiger partial charge in [0, 0.05) is 18.7 Å². The second-order valence-electron chi connectivity index (χ2n) is 5.45. The lowest BCUT2D eigenvalue weighted by Crippen LogP contribution is -2.36. The van der Waals surface area contributed by atoms with E-state index in [0.717, 1.165) is 37.1 Å². The van der Waals surface area contributed by atoms with Crippen molar-refractivity contribution in [2.24, 2.45) is 0 Å². The highest BCUT2D eigenvalue weighted by Gasteiger charge is 2.19. The fourth-order valence-corrected chi connectivity index (χ4v) is 2.64. The number of nitrogens with zero attached hydrogens (tertiary/aromatic N) is 3. The van der Waals surface area contributed by atoms with Crippen molar-refractivity contribution in [1.82, 2.24) is 15.0 Å². The first-order valence-electron chi connectivity index (χ1n) is 7.40. The third-order valence-electron chi connectivity index (χ3n) is 3.86. The number of amides is 1. The average Bonchev–Trinajstić information content (AvgIpc) is 2.97. The van der Waals surface area contributed by atoms with Gasteiger partial charge in [0.2, 0.25) is 5.91 Å².